The van der Waals surface area contributed by atoms with E-state index in [0.717, 1.165) is 22.4 Å². The smallest absolute Gasteiger partial charge is 0.335 e. The zero-order valence-corrected chi connectivity index (χ0v) is 15.4. The molecular formula is C21H23F3N2. The van der Waals surface area contributed by atoms with Crippen LogP contribution in [-0.4, -0.2) is 30.5 Å². The molecule has 2 aliphatic rings. The molecule has 0 fully saturated rings. The molecule has 1 atom stereocenters. The van der Waals surface area contributed by atoms with E-state index in [4.69, 9.17) is 0 Å². The number of allylic oxidation sites excluding steroid dienone is 2. The summed E-state index contributed by atoms with van der Waals surface area (Å²) in [6.45, 7) is 4.53. The lowest BCUT2D eigenvalue weighted by Crippen LogP contribution is -2.33. The summed E-state index contributed by atoms with van der Waals surface area (Å²) in [6.07, 6.45) is 3.03. The lowest BCUT2D eigenvalue weighted by molar-refractivity contribution is -0.210. The molecule has 0 spiro atoms. The molecule has 1 heterocycles. The van der Waals surface area contributed by atoms with E-state index in [1.54, 1.807) is 12.4 Å². The van der Waals surface area contributed by atoms with Gasteiger partial charge in [0.1, 0.15) is 0 Å². The fourth-order valence-electron chi connectivity index (χ4n) is 3.33. The maximum atomic E-state index is 13.2. The van der Waals surface area contributed by atoms with Crippen LogP contribution < -0.4 is 0 Å². The van der Waals surface area contributed by atoms with Crippen molar-refractivity contribution in [1.82, 2.24) is 4.90 Å². The Labute approximate surface area is 152 Å². The van der Waals surface area contributed by atoms with Crippen LogP contribution in [0.15, 0.2) is 58.6 Å². The Morgan fingerprint density at radius 1 is 1.12 bits per heavy atom. The summed E-state index contributed by atoms with van der Waals surface area (Å²) in [6, 6.07) is 7.85. The fraction of sp³-hybridized carbons (Fsp3) is 0.381. The molecule has 0 bridgehead atoms. The van der Waals surface area contributed by atoms with Crippen LogP contribution in [0.3, 0.4) is 0 Å². The van der Waals surface area contributed by atoms with Gasteiger partial charge in [0, 0.05) is 18.2 Å². The normalized spacial score (nSPS) is 20.3. The molecule has 5 heteroatoms. The Balaban J connectivity index is 1.97. The van der Waals surface area contributed by atoms with Gasteiger partial charge in [0.15, 0.2) is 0 Å². The average Bonchev–Trinajstić information content (AvgIpc) is 2.54. The third-order valence-corrected chi connectivity index (χ3v) is 5.01. The van der Waals surface area contributed by atoms with E-state index in [9.17, 15) is 13.2 Å². The van der Waals surface area contributed by atoms with E-state index in [1.165, 1.54) is 13.8 Å². The molecule has 1 unspecified atom stereocenters. The third-order valence-electron chi connectivity index (χ3n) is 5.01. The summed E-state index contributed by atoms with van der Waals surface area (Å²) in [5.74, 6) is 0. The van der Waals surface area contributed by atoms with Gasteiger partial charge in [-0.15, -0.1) is 0 Å². The van der Waals surface area contributed by atoms with Crippen LogP contribution in [0.2, 0.25) is 0 Å². The number of benzene rings is 1. The van der Waals surface area contributed by atoms with Gasteiger partial charge in [-0.3, -0.25) is 4.99 Å². The number of alkyl halides is 3. The van der Waals surface area contributed by atoms with Crippen molar-refractivity contribution in [2.75, 3.05) is 7.05 Å². The molecule has 0 radical (unpaired) electrons. The first-order chi connectivity index (χ1) is 12.1. The largest absolute Gasteiger partial charge is 0.394 e. The maximum absolute atomic E-state index is 13.2. The number of fused-ring (bicyclic) bond motifs is 1. The highest BCUT2D eigenvalue weighted by Gasteiger charge is 2.47. The molecule has 138 valence electrons. The van der Waals surface area contributed by atoms with Gasteiger partial charge in [-0.25, -0.2) is 0 Å². The zero-order chi connectivity index (χ0) is 19.1. The standard InChI is InChI=1S/C21H23F3N2/c1-14-7-5-6-8-16(14)19-17-10-9-15(11-18(17)25-13-26(19)4)12-20(2,3)21(22,23)24/h5-11,13,18H,12H2,1-4H3. The number of hydrogen-bond acceptors (Lipinski definition) is 2. The van der Waals surface area contributed by atoms with Crippen molar-refractivity contribution >= 4 is 12.0 Å². The number of halogens is 3. The first-order valence-corrected chi connectivity index (χ1v) is 8.62. The predicted octanol–water partition coefficient (Wildman–Crippen LogP) is 5.52. The molecule has 0 aromatic heterocycles. The van der Waals surface area contributed by atoms with Crippen LogP contribution in [0.25, 0.3) is 5.70 Å². The van der Waals surface area contributed by atoms with E-state index in [0.29, 0.717) is 5.57 Å². The van der Waals surface area contributed by atoms with E-state index in [2.05, 4.69) is 24.0 Å². The SMILES string of the molecule is Cc1ccccc1C1=C2C=CC(CC(C)(C)C(F)(F)F)=CC2N=CN1C. The van der Waals surface area contributed by atoms with Crippen molar-refractivity contribution in [3.05, 3.63) is 64.8 Å². The highest BCUT2D eigenvalue weighted by Crippen LogP contribution is 2.44. The van der Waals surface area contributed by atoms with Gasteiger partial charge in [0.2, 0.25) is 0 Å². The fourth-order valence-corrected chi connectivity index (χ4v) is 3.33. The second-order valence-electron chi connectivity index (χ2n) is 7.57. The number of hydrogen-bond donors (Lipinski definition) is 0. The summed E-state index contributed by atoms with van der Waals surface area (Å²) < 4.78 is 39.6. The Kier molecular flexibility index (Phi) is 4.59. The van der Waals surface area contributed by atoms with Crippen molar-refractivity contribution in [2.45, 2.75) is 39.4 Å². The van der Waals surface area contributed by atoms with Gasteiger partial charge in [0.25, 0.3) is 0 Å². The molecule has 1 aromatic carbocycles. The Hall–Kier alpha value is -2.30. The number of aryl methyl sites for hydroxylation is 1. The Morgan fingerprint density at radius 2 is 1.81 bits per heavy atom. The molecule has 0 saturated heterocycles. The van der Waals surface area contributed by atoms with E-state index in [1.807, 2.05) is 36.2 Å². The van der Waals surface area contributed by atoms with Crippen LogP contribution in [0, 0.1) is 12.3 Å². The maximum Gasteiger partial charge on any atom is 0.394 e. The molecule has 26 heavy (non-hydrogen) atoms. The van der Waals surface area contributed by atoms with Crippen LogP contribution >= 0.6 is 0 Å². The van der Waals surface area contributed by atoms with Gasteiger partial charge in [0.05, 0.1) is 23.5 Å². The third kappa shape index (κ3) is 3.35. The summed E-state index contributed by atoms with van der Waals surface area (Å²) in [4.78, 5) is 6.48. The topological polar surface area (TPSA) is 15.6 Å². The van der Waals surface area contributed by atoms with Crippen LogP contribution in [0.1, 0.15) is 31.4 Å². The summed E-state index contributed by atoms with van der Waals surface area (Å²) in [7, 11) is 1.94. The second-order valence-corrected chi connectivity index (χ2v) is 7.57. The lowest BCUT2D eigenvalue weighted by Gasteiger charge is -2.32. The van der Waals surface area contributed by atoms with Crippen molar-refractivity contribution in [3.63, 3.8) is 0 Å². The second kappa shape index (κ2) is 6.45. The quantitative estimate of drug-likeness (QED) is 0.693. The van der Waals surface area contributed by atoms with Gasteiger partial charge < -0.3 is 4.90 Å². The highest BCUT2D eigenvalue weighted by molar-refractivity contribution is 5.84. The predicted molar refractivity (Wildman–Crippen MR) is 99.8 cm³/mol. The van der Waals surface area contributed by atoms with Crippen molar-refractivity contribution in [1.29, 1.82) is 0 Å². The van der Waals surface area contributed by atoms with E-state index >= 15 is 0 Å². The first kappa shape index (κ1) is 18.5. The molecule has 1 aromatic rings. The van der Waals surface area contributed by atoms with Crippen LogP contribution in [0.5, 0.6) is 0 Å². The van der Waals surface area contributed by atoms with Gasteiger partial charge in [-0.2, -0.15) is 13.2 Å². The zero-order valence-electron chi connectivity index (χ0n) is 15.4. The first-order valence-electron chi connectivity index (χ1n) is 8.62. The molecule has 1 aliphatic carbocycles. The van der Waals surface area contributed by atoms with Gasteiger partial charge in [-0.05, 0) is 24.5 Å². The van der Waals surface area contributed by atoms with Crippen LogP contribution in [-0.2, 0) is 0 Å². The van der Waals surface area contributed by atoms with Crippen molar-refractivity contribution < 1.29 is 13.2 Å². The van der Waals surface area contributed by atoms with Crippen molar-refractivity contribution in [2.24, 2.45) is 10.4 Å². The molecule has 0 saturated carbocycles. The molecule has 2 nitrogen and oxygen atoms in total. The average molecular weight is 360 g/mol. The number of nitrogens with zero attached hydrogens (tertiary/aromatic N) is 2. The summed E-state index contributed by atoms with van der Waals surface area (Å²) in [5, 5.41) is 0. The minimum absolute atomic E-state index is 0.0537. The lowest BCUT2D eigenvalue weighted by atomic mass is 9.81. The van der Waals surface area contributed by atoms with Crippen molar-refractivity contribution in [3.8, 4) is 0 Å². The summed E-state index contributed by atoms with van der Waals surface area (Å²) >= 11 is 0. The molecule has 3 rings (SSSR count). The number of rotatable bonds is 3. The van der Waals surface area contributed by atoms with E-state index < -0.39 is 11.6 Å². The monoisotopic (exact) mass is 360 g/mol. The van der Waals surface area contributed by atoms with Gasteiger partial charge in [-0.1, -0.05) is 56.3 Å². The molecule has 1 aliphatic heterocycles. The van der Waals surface area contributed by atoms with Gasteiger partial charge >= 0.3 is 6.18 Å². The van der Waals surface area contributed by atoms with E-state index in [-0.39, 0.29) is 12.5 Å². The molecular weight excluding hydrogens is 337 g/mol. The molecule has 0 amide bonds. The Morgan fingerprint density at radius 3 is 2.46 bits per heavy atom. The minimum atomic E-state index is -4.24. The highest BCUT2D eigenvalue weighted by atomic mass is 19.4. The Bertz CT molecular complexity index is 826. The minimum Gasteiger partial charge on any atom is -0.335 e. The summed E-state index contributed by atoms with van der Waals surface area (Å²) in [5.41, 5.74) is 3.23. The van der Waals surface area contributed by atoms with Crippen LogP contribution in [0.4, 0.5) is 13.2 Å². The number of aliphatic imine (C=N–C) groups is 1. The molecule has 0 N–H and O–H groups in total.